The zero-order valence-electron chi connectivity index (χ0n) is 16.6. The third kappa shape index (κ3) is 4.86. The van der Waals surface area contributed by atoms with Gasteiger partial charge in [0.15, 0.2) is 16.7 Å². The highest BCUT2D eigenvalue weighted by molar-refractivity contribution is 7.99. The molecule has 0 saturated heterocycles. The summed E-state index contributed by atoms with van der Waals surface area (Å²) in [5, 5.41) is 9.16. The summed E-state index contributed by atoms with van der Waals surface area (Å²) in [7, 11) is 0. The molecule has 0 fully saturated rings. The van der Waals surface area contributed by atoms with Crippen LogP contribution in [-0.4, -0.2) is 32.3 Å². The van der Waals surface area contributed by atoms with E-state index in [1.54, 1.807) is 12.3 Å². The van der Waals surface area contributed by atoms with Gasteiger partial charge < -0.3 is 8.83 Å². The topological polar surface area (TPSA) is 115 Å². The van der Waals surface area contributed by atoms with Crippen LogP contribution in [0.4, 0.5) is 0 Å². The summed E-state index contributed by atoms with van der Waals surface area (Å²) in [6, 6.07) is 14.8. The molecule has 3 heterocycles. The first-order valence-electron chi connectivity index (χ1n) is 9.39. The van der Waals surface area contributed by atoms with E-state index >= 15 is 0 Å². The van der Waals surface area contributed by atoms with Crippen LogP contribution in [0.3, 0.4) is 0 Å². The normalized spacial score (nSPS) is 10.7. The van der Waals surface area contributed by atoms with Gasteiger partial charge in [0, 0.05) is 0 Å². The second kappa shape index (κ2) is 9.35. The molecule has 0 bridgehead atoms. The maximum Gasteiger partial charge on any atom is 0.305 e. The fraction of sp³-hybridized carbons (Fsp3) is 0.143. The van der Waals surface area contributed by atoms with Gasteiger partial charge in [-0.15, -0.1) is 10.2 Å². The molecule has 2 N–H and O–H groups in total. The average Bonchev–Trinajstić information content (AvgIpc) is 3.53. The number of aromatic nitrogens is 3. The Labute approximate surface area is 181 Å². The van der Waals surface area contributed by atoms with Gasteiger partial charge in [0.2, 0.25) is 5.91 Å². The van der Waals surface area contributed by atoms with Gasteiger partial charge in [-0.3, -0.25) is 25.0 Å². The summed E-state index contributed by atoms with van der Waals surface area (Å²) in [5.41, 5.74) is 6.58. The van der Waals surface area contributed by atoms with Crippen LogP contribution in [-0.2, 0) is 11.3 Å². The summed E-state index contributed by atoms with van der Waals surface area (Å²) in [6.07, 6.45) is 2.99. The first-order chi connectivity index (χ1) is 15.1. The van der Waals surface area contributed by atoms with E-state index in [4.69, 9.17) is 8.83 Å². The van der Waals surface area contributed by atoms with Crippen LogP contribution < -0.4 is 10.9 Å². The Morgan fingerprint density at radius 3 is 2.55 bits per heavy atom. The number of hydrogen-bond donors (Lipinski definition) is 2. The number of nitrogens with zero attached hydrogens (tertiary/aromatic N) is 3. The smallest absolute Gasteiger partial charge is 0.305 e. The van der Waals surface area contributed by atoms with Gasteiger partial charge in [0.1, 0.15) is 5.76 Å². The molecule has 4 aromatic rings. The maximum atomic E-state index is 12.2. The monoisotopic (exact) mass is 437 g/mol. The van der Waals surface area contributed by atoms with Crippen molar-refractivity contribution in [1.82, 2.24) is 25.6 Å². The predicted molar refractivity (Wildman–Crippen MR) is 113 cm³/mol. The second-order valence-corrected chi connectivity index (χ2v) is 7.48. The zero-order valence-corrected chi connectivity index (χ0v) is 17.4. The number of furan rings is 2. The molecule has 158 valence electrons. The number of benzene rings is 1. The number of aryl methyl sites for hydroxylation is 1. The van der Waals surface area contributed by atoms with Gasteiger partial charge in [0.05, 0.1) is 30.4 Å². The van der Waals surface area contributed by atoms with Crippen LogP contribution in [0.25, 0.3) is 11.4 Å². The molecule has 0 aliphatic heterocycles. The number of hydrazine groups is 1. The average molecular weight is 437 g/mol. The van der Waals surface area contributed by atoms with Crippen molar-refractivity contribution in [2.45, 2.75) is 18.6 Å². The molecule has 4 rings (SSSR count). The fourth-order valence-electron chi connectivity index (χ4n) is 2.88. The Kier molecular flexibility index (Phi) is 6.18. The minimum absolute atomic E-state index is 0.0374. The summed E-state index contributed by atoms with van der Waals surface area (Å²) in [5.74, 6) is 0.611. The number of carbonyl (C=O) groups excluding carboxylic acids is 2. The highest BCUT2D eigenvalue weighted by atomic mass is 32.2. The molecule has 0 aliphatic rings. The highest BCUT2D eigenvalue weighted by Crippen LogP contribution is 2.27. The van der Waals surface area contributed by atoms with Crippen molar-refractivity contribution < 1.29 is 18.4 Å². The molecule has 0 aliphatic carbocycles. The van der Waals surface area contributed by atoms with Crippen LogP contribution in [0, 0.1) is 6.92 Å². The Balaban J connectivity index is 1.46. The maximum absolute atomic E-state index is 12.2. The fourth-order valence-corrected chi connectivity index (χ4v) is 3.62. The van der Waals surface area contributed by atoms with E-state index in [0.717, 1.165) is 16.9 Å². The van der Waals surface area contributed by atoms with E-state index in [1.165, 1.54) is 24.1 Å². The van der Waals surface area contributed by atoms with Gasteiger partial charge in [-0.25, -0.2) is 0 Å². The van der Waals surface area contributed by atoms with E-state index in [-0.39, 0.29) is 17.4 Å². The van der Waals surface area contributed by atoms with Crippen LogP contribution in [0.5, 0.6) is 0 Å². The number of amides is 2. The lowest BCUT2D eigenvalue weighted by atomic mass is 10.2. The minimum Gasteiger partial charge on any atom is -0.469 e. The largest absolute Gasteiger partial charge is 0.469 e. The summed E-state index contributed by atoms with van der Waals surface area (Å²) in [4.78, 5) is 24.0. The van der Waals surface area contributed by atoms with Crippen LogP contribution in [0.2, 0.25) is 0 Å². The quantitative estimate of drug-likeness (QED) is 0.337. The van der Waals surface area contributed by atoms with Crippen LogP contribution in [0.15, 0.2) is 75.0 Å². The standard InChI is InChI=1S/C21H19N5O4S/c1-14-16(9-11-29-14)19-23-25-21(26(19)12-15-6-3-2-4-7-15)31-13-18(27)22-24-20(28)17-8-5-10-30-17/h2-11H,12-13H2,1H3,(H,22,27)(H,24,28). The van der Waals surface area contributed by atoms with E-state index in [1.807, 2.05) is 47.9 Å². The number of carbonyl (C=O) groups is 2. The molecular formula is C21H19N5O4S. The van der Waals surface area contributed by atoms with Crippen LogP contribution >= 0.6 is 11.8 Å². The Morgan fingerprint density at radius 1 is 1.00 bits per heavy atom. The van der Waals surface area contributed by atoms with Crippen molar-refractivity contribution in [3.05, 3.63) is 78.1 Å². The number of hydrogen-bond acceptors (Lipinski definition) is 7. The van der Waals surface area contributed by atoms with Gasteiger partial charge in [-0.2, -0.15) is 0 Å². The molecule has 1 aromatic carbocycles. The molecule has 0 radical (unpaired) electrons. The number of nitrogens with one attached hydrogen (secondary N) is 2. The van der Waals surface area contributed by atoms with Crippen molar-refractivity contribution in [2.75, 3.05) is 5.75 Å². The number of rotatable bonds is 7. The lowest BCUT2D eigenvalue weighted by molar-refractivity contribution is -0.119. The zero-order chi connectivity index (χ0) is 21.6. The number of thioether (sulfide) groups is 1. The molecule has 10 heteroatoms. The molecule has 9 nitrogen and oxygen atoms in total. The van der Waals surface area contributed by atoms with Gasteiger partial charge in [0.25, 0.3) is 0 Å². The van der Waals surface area contributed by atoms with Crippen molar-refractivity contribution in [3.8, 4) is 11.4 Å². The van der Waals surface area contributed by atoms with Gasteiger partial charge in [-0.05, 0) is 30.7 Å². The molecule has 0 spiro atoms. The lowest BCUT2D eigenvalue weighted by Crippen LogP contribution is -2.42. The lowest BCUT2D eigenvalue weighted by Gasteiger charge is -2.10. The van der Waals surface area contributed by atoms with E-state index < -0.39 is 5.91 Å². The molecule has 2 amide bonds. The summed E-state index contributed by atoms with van der Waals surface area (Å²) < 4.78 is 12.3. The first-order valence-corrected chi connectivity index (χ1v) is 10.4. The predicted octanol–water partition coefficient (Wildman–Crippen LogP) is 3.04. The van der Waals surface area contributed by atoms with Crippen molar-refractivity contribution in [2.24, 2.45) is 0 Å². The molecule has 3 aromatic heterocycles. The third-order valence-electron chi connectivity index (χ3n) is 4.39. The Morgan fingerprint density at radius 2 is 1.84 bits per heavy atom. The van der Waals surface area contributed by atoms with Crippen molar-refractivity contribution in [3.63, 3.8) is 0 Å². The van der Waals surface area contributed by atoms with Gasteiger partial charge in [-0.1, -0.05) is 42.1 Å². The molecule has 0 saturated carbocycles. The minimum atomic E-state index is -0.534. The highest BCUT2D eigenvalue weighted by Gasteiger charge is 2.19. The Bertz CT molecular complexity index is 1170. The second-order valence-electron chi connectivity index (χ2n) is 6.54. The molecule has 31 heavy (non-hydrogen) atoms. The molecule has 0 atom stereocenters. The molecular weight excluding hydrogens is 418 g/mol. The first kappa shape index (κ1) is 20.5. The summed E-state index contributed by atoms with van der Waals surface area (Å²) >= 11 is 1.22. The van der Waals surface area contributed by atoms with Gasteiger partial charge >= 0.3 is 5.91 Å². The SMILES string of the molecule is Cc1occc1-c1nnc(SCC(=O)NNC(=O)c2ccco2)n1Cc1ccccc1. The van der Waals surface area contributed by atoms with Crippen molar-refractivity contribution in [1.29, 1.82) is 0 Å². The third-order valence-corrected chi connectivity index (χ3v) is 5.36. The van der Waals surface area contributed by atoms with E-state index in [0.29, 0.717) is 17.5 Å². The Hall–Kier alpha value is -3.79. The summed E-state index contributed by atoms with van der Waals surface area (Å²) in [6.45, 7) is 2.39. The van der Waals surface area contributed by atoms with E-state index in [2.05, 4.69) is 21.0 Å². The van der Waals surface area contributed by atoms with Crippen LogP contribution in [0.1, 0.15) is 21.9 Å². The molecule has 0 unspecified atom stereocenters. The van der Waals surface area contributed by atoms with E-state index in [9.17, 15) is 9.59 Å². The van der Waals surface area contributed by atoms with Crippen molar-refractivity contribution >= 4 is 23.6 Å².